The largest absolute Gasteiger partial charge is 0.282 e. The van der Waals surface area contributed by atoms with Gasteiger partial charge in [0.25, 0.3) is 5.56 Å². The van der Waals surface area contributed by atoms with Gasteiger partial charge in [-0.25, -0.2) is 4.98 Å². The van der Waals surface area contributed by atoms with E-state index in [9.17, 15) is 9.59 Å². The average Bonchev–Trinajstić information content (AvgIpc) is 2.26. The molecule has 0 bridgehead atoms. The van der Waals surface area contributed by atoms with E-state index < -0.39 is 0 Å². The van der Waals surface area contributed by atoms with E-state index in [2.05, 4.69) is 15.8 Å². The molecule has 1 amide bonds. The molecule has 0 unspecified atom stereocenters. The van der Waals surface area contributed by atoms with Gasteiger partial charge in [-0.05, 0) is 12.1 Å². The minimum atomic E-state index is -0.212. The summed E-state index contributed by atoms with van der Waals surface area (Å²) in [6, 6.07) is 6.52. The molecule has 0 saturated carbocycles. The fraction of sp³-hybridized carbons (Fsp3) is 0. The number of hydrogen-bond acceptors (Lipinski definition) is 4. The van der Waals surface area contributed by atoms with Gasteiger partial charge in [0.05, 0.1) is 0 Å². The number of anilines is 1. The lowest BCUT2D eigenvalue weighted by Gasteiger charge is -2.04. The van der Waals surface area contributed by atoms with Crippen molar-refractivity contribution in [2.24, 2.45) is 0 Å². The molecule has 0 aliphatic carbocycles. The summed E-state index contributed by atoms with van der Waals surface area (Å²) >= 11 is 0. The molecule has 0 radical (unpaired) electrons. The molecule has 0 saturated heterocycles. The Labute approximate surface area is 84.5 Å². The van der Waals surface area contributed by atoms with Crippen molar-refractivity contribution in [2.75, 3.05) is 5.43 Å². The predicted molar refractivity (Wildman–Crippen MR) is 54.3 cm³/mol. The first-order valence-electron chi connectivity index (χ1n) is 4.25. The van der Waals surface area contributed by atoms with E-state index in [4.69, 9.17) is 0 Å². The molecule has 2 heterocycles. The highest BCUT2D eigenvalue weighted by Crippen LogP contribution is 2.01. The Balaban J connectivity index is 2.52. The molecule has 0 aliphatic heterocycles. The zero-order valence-corrected chi connectivity index (χ0v) is 7.68. The molecule has 6 nitrogen and oxygen atoms in total. The molecule has 0 aromatic carbocycles. The van der Waals surface area contributed by atoms with E-state index in [-0.39, 0.29) is 5.56 Å². The lowest BCUT2D eigenvalue weighted by molar-refractivity contribution is -0.109. The number of carbonyl (C=O) groups is 1. The van der Waals surface area contributed by atoms with Crippen molar-refractivity contribution in [1.29, 1.82) is 0 Å². The number of hydrazine groups is 1. The van der Waals surface area contributed by atoms with Crippen LogP contribution in [-0.2, 0) is 4.79 Å². The highest BCUT2D eigenvalue weighted by molar-refractivity contribution is 5.52. The van der Waals surface area contributed by atoms with Gasteiger partial charge in [-0.2, -0.15) is 0 Å². The second-order valence-corrected chi connectivity index (χ2v) is 2.80. The summed E-state index contributed by atoms with van der Waals surface area (Å²) in [5.41, 5.74) is 5.00. The Hall–Kier alpha value is -2.37. The van der Waals surface area contributed by atoms with Crippen molar-refractivity contribution in [1.82, 2.24) is 14.8 Å². The van der Waals surface area contributed by atoms with Crippen molar-refractivity contribution < 1.29 is 4.79 Å². The summed E-state index contributed by atoms with van der Waals surface area (Å²) in [5.74, 6) is 0.304. The van der Waals surface area contributed by atoms with Crippen LogP contribution in [0.25, 0.3) is 5.65 Å². The Kier molecular flexibility index (Phi) is 2.32. The Morgan fingerprint density at radius 3 is 3.07 bits per heavy atom. The van der Waals surface area contributed by atoms with Gasteiger partial charge in [-0.3, -0.25) is 24.8 Å². The normalized spacial score (nSPS) is 9.87. The second-order valence-electron chi connectivity index (χ2n) is 2.80. The molecule has 0 fully saturated rings. The van der Waals surface area contributed by atoms with Crippen LogP contribution in [0.3, 0.4) is 0 Å². The van der Waals surface area contributed by atoms with Gasteiger partial charge in [0.1, 0.15) is 5.65 Å². The molecular formula is C9H8N4O2. The quantitative estimate of drug-likeness (QED) is 0.534. The van der Waals surface area contributed by atoms with Crippen molar-refractivity contribution in [3.8, 4) is 0 Å². The van der Waals surface area contributed by atoms with Gasteiger partial charge in [0.2, 0.25) is 6.41 Å². The Morgan fingerprint density at radius 2 is 2.27 bits per heavy atom. The third kappa shape index (κ3) is 1.78. The number of carbonyl (C=O) groups excluding carboxylic acids is 1. The van der Waals surface area contributed by atoms with Crippen molar-refractivity contribution in [2.45, 2.75) is 0 Å². The number of nitrogens with zero attached hydrogens (tertiary/aromatic N) is 2. The SMILES string of the molecule is O=CNNc1cc(=O)n2ccccc2n1. The number of pyridine rings is 1. The average molecular weight is 204 g/mol. The summed E-state index contributed by atoms with van der Waals surface area (Å²) in [5, 5.41) is 0. The van der Waals surface area contributed by atoms with Crippen LogP contribution in [0.1, 0.15) is 0 Å². The van der Waals surface area contributed by atoms with Crippen LogP contribution < -0.4 is 16.4 Å². The summed E-state index contributed by atoms with van der Waals surface area (Å²) in [6.45, 7) is 0. The summed E-state index contributed by atoms with van der Waals surface area (Å²) < 4.78 is 1.41. The van der Waals surface area contributed by atoms with Gasteiger partial charge in [-0.1, -0.05) is 6.07 Å². The van der Waals surface area contributed by atoms with E-state index in [1.165, 1.54) is 10.5 Å². The Bertz CT molecular complexity index is 549. The molecule has 2 aromatic rings. The van der Waals surface area contributed by atoms with Crippen molar-refractivity contribution in [3.63, 3.8) is 0 Å². The number of fused-ring (bicyclic) bond motifs is 1. The van der Waals surface area contributed by atoms with Gasteiger partial charge in [0.15, 0.2) is 5.82 Å². The first-order valence-corrected chi connectivity index (χ1v) is 4.25. The Morgan fingerprint density at radius 1 is 1.40 bits per heavy atom. The molecule has 0 aliphatic rings. The van der Waals surface area contributed by atoms with Crippen LogP contribution in [0.2, 0.25) is 0 Å². The molecular weight excluding hydrogens is 196 g/mol. The number of hydrogen-bond donors (Lipinski definition) is 2. The minimum absolute atomic E-state index is 0.212. The van der Waals surface area contributed by atoms with Crippen LogP contribution in [0.15, 0.2) is 35.3 Å². The van der Waals surface area contributed by atoms with Gasteiger partial charge in [-0.15, -0.1) is 0 Å². The minimum Gasteiger partial charge on any atom is -0.282 e. The lowest BCUT2D eigenvalue weighted by Crippen LogP contribution is -2.23. The van der Waals surface area contributed by atoms with Crippen LogP contribution in [0, 0.1) is 0 Å². The molecule has 0 atom stereocenters. The molecule has 15 heavy (non-hydrogen) atoms. The molecule has 2 aromatic heterocycles. The number of nitrogens with one attached hydrogen (secondary N) is 2. The summed E-state index contributed by atoms with van der Waals surface area (Å²) in [6.07, 6.45) is 2.09. The van der Waals surface area contributed by atoms with Gasteiger partial charge in [0, 0.05) is 12.3 Å². The zero-order chi connectivity index (χ0) is 10.7. The fourth-order valence-corrected chi connectivity index (χ4v) is 1.22. The van der Waals surface area contributed by atoms with Crippen molar-refractivity contribution >= 4 is 17.9 Å². The highest BCUT2D eigenvalue weighted by atomic mass is 16.1. The molecule has 2 rings (SSSR count). The monoisotopic (exact) mass is 204 g/mol. The molecule has 76 valence electrons. The summed E-state index contributed by atoms with van der Waals surface area (Å²) in [4.78, 5) is 25.7. The smallest absolute Gasteiger partial charge is 0.260 e. The van der Waals surface area contributed by atoms with Gasteiger partial charge >= 0.3 is 0 Å². The number of rotatable bonds is 3. The first kappa shape index (κ1) is 9.20. The van der Waals surface area contributed by atoms with E-state index in [0.717, 1.165) is 0 Å². The third-order valence-corrected chi connectivity index (χ3v) is 1.83. The van der Waals surface area contributed by atoms with Crippen LogP contribution >= 0.6 is 0 Å². The van der Waals surface area contributed by atoms with Crippen LogP contribution in [0.4, 0.5) is 5.82 Å². The standard InChI is InChI=1S/C9H8N4O2/c14-6-10-12-7-5-9(15)13-4-2-1-3-8(13)11-7/h1-6,12H,(H,10,14). The number of aromatic nitrogens is 2. The maximum atomic E-state index is 11.5. The second kappa shape index (κ2) is 3.79. The molecule has 0 spiro atoms. The number of amides is 1. The third-order valence-electron chi connectivity index (χ3n) is 1.83. The van der Waals surface area contributed by atoms with E-state index in [1.807, 2.05) is 0 Å². The fourth-order valence-electron chi connectivity index (χ4n) is 1.22. The van der Waals surface area contributed by atoms with Crippen LogP contribution in [-0.4, -0.2) is 15.8 Å². The maximum absolute atomic E-state index is 11.5. The zero-order valence-electron chi connectivity index (χ0n) is 7.68. The van der Waals surface area contributed by atoms with Crippen LogP contribution in [0.5, 0.6) is 0 Å². The predicted octanol–water partition coefficient (Wildman–Crippen LogP) is -0.233. The molecule has 2 N–H and O–H groups in total. The van der Waals surface area contributed by atoms with E-state index >= 15 is 0 Å². The first-order chi connectivity index (χ1) is 7.31. The summed E-state index contributed by atoms with van der Waals surface area (Å²) in [7, 11) is 0. The highest BCUT2D eigenvalue weighted by Gasteiger charge is 1.99. The maximum Gasteiger partial charge on any atom is 0.260 e. The van der Waals surface area contributed by atoms with Crippen molar-refractivity contribution in [3.05, 3.63) is 40.8 Å². The van der Waals surface area contributed by atoms with Gasteiger partial charge < -0.3 is 0 Å². The molecule has 6 heteroatoms. The van der Waals surface area contributed by atoms with E-state index in [1.54, 1.807) is 24.4 Å². The lowest BCUT2D eigenvalue weighted by atomic mass is 10.4. The topological polar surface area (TPSA) is 75.5 Å². The van der Waals surface area contributed by atoms with E-state index in [0.29, 0.717) is 17.9 Å².